The number of aliphatic carboxylic acids is 1. The van der Waals surface area contributed by atoms with E-state index in [1.165, 1.54) is 0 Å². The maximum absolute atomic E-state index is 11.0. The molecule has 0 aromatic carbocycles. The van der Waals surface area contributed by atoms with E-state index in [0.717, 1.165) is 6.42 Å². The molecule has 0 unspecified atom stereocenters. The Labute approximate surface area is 112 Å². The normalized spacial score (nSPS) is 9.74. The molecule has 0 aliphatic carbocycles. The van der Waals surface area contributed by atoms with Gasteiger partial charge in [0.15, 0.2) is 0 Å². The maximum atomic E-state index is 11.0. The lowest BCUT2D eigenvalue weighted by molar-refractivity contribution is -0.147. The quantitative estimate of drug-likeness (QED) is 0.370. The summed E-state index contributed by atoms with van der Waals surface area (Å²) in [6, 6.07) is 0. The smallest absolute Gasteiger partial charge is 0.333 e. The highest BCUT2D eigenvalue weighted by molar-refractivity contribution is 5.86. The number of carboxylic acids is 1. The molecule has 0 spiro atoms. The standard InChI is InChI=1S/C13H20O6/c1-10(2)13(17)19-9-5-3-4-8-18-12(16)7-6-11(14)15/h1,3-9H2,2H3,(H,14,15). The second kappa shape index (κ2) is 10.1. The topological polar surface area (TPSA) is 89.9 Å². The number of carbonyl (C=O) groups is 3. The molecule has 0 aromatic rings. The van der Waals surface area contributed by atoms with Crippen molar-refractivity contribution in [3.05, 3.63) is 12.2 Å². The average molecular weight is 272 g/mol. The summed E-state index contributed by atoms with van der Waals surface area (Å²) >= 11 is 0. The Kier molecular flexibility index (Phi) is 9.12. The molecule has 0 radical (unpaired) electrons. The highest BCUT2D eigenvalue weighted by atomic mass is 16.5. The molecule has 0 atom stereocenters. The number of ether oxygens (including phenoxy) is 2. The number of rotatable bonds is 10. The molecule has 108 valence electrons. The van der Waals surface area contributed by atoms with Crippen LogP contribution in [0.1, 0.15) is 39.0 Å². The molecule has 0 saturated carbocycles. The van der Waals surface area contributed by atoms with Gasteiger partial charge in [-0.2, -0.15) is 0 Å². The molecule has 1 N–H and O–H groups in total. The van der Waals surface area contributed by atoms with Crippen LogP contribution in [-0.4, -0.2) is 36.2 Å². The fourth-order valence-electron chi connectivity index (χ4n) is 1.14. The van der Waals surface area contributed by atoms with E-state index >= 15 is 0 Å². The second-order valence-electron chi connectivity index (χ2n) is 4.09. The van der Waals surface area contributed by atoms with Gasteiger partial charge in [0.2, 0.25) is 0 Å². The van der Waals surface area contributed by atoms with Gasteiger partial charge in [-0.15, -0.1) is 0 Å². The van der Waals surface area contributed by atoms with Crippen molar-refractivity contribution in [2.75, 3.05) is 13.2 Å². The van der Waals surface area contributed by atoms with Crippen molar-refractivity contribution in [1.82, 2.24) is 0 Å². The molecular weight excluding hydrogens is 252 g/mol. The Balaban J connectivity index is 3.36. The zero-order valence-corrected chi connectivity index (χ0v) is 11.1. The highest BCUT2D eigenvalue weighted by Crippen LogP contribution is 2.00. The van der Waals surface area contributed by atoms with Gasteiger partial charge in [-0.25, -0.2) is 4.79 Å². The van der Waals surface area contributed by atoms with Crippen molar-refractivity contribution >= 4 is 17.9 Å². The van der Waals surface area contributed by atoms with E-state index in [1.54, 1.807) is 6.92 Å². The third kappa shape index (κ3) is 11.0. The maximum Gasteiger partial charge on any atom is 0.333 e. The van der Waals surface area contributed by atoms with Gasteiger partial charge in [-0.05, 0) is 26.2 Å². The van der Waals surface area contributed by atoms with Gasteiger partial charge >= 0.3 is 17.9 Å². The Morgan fingerprint density at radius 1 is 1.00 bits per heavy atom. The number of hydrogen-bond acceptors (Lipinski definition) is 5. The minimum Gasteiger partial charge on any atom is -0.481 e. The number of carboxylic acid groups (broad SMARTS) is 1. The molecule has 0 fully saturated rings. The molecule has 0 aliphatic rings. The van der Waals surface area contributed by atoms with Crippen molar-refractivity contribution in [3.63, 3.8) is 0 Å². The minimum atomic E-state index is -1.02. The van der Waals surface area contributed by atoms with Gasteiger partial charge in [0.25, 0.3) is 0 Å². The lowest BCUT2D eigenvalue weighted by atomic mass is 10.2. The largest absolute Gasteiger partial charge is 0.481 e. The number of hydrogen-bond donors (Lipinski definition) is 1. The van der Waals surface area contributed by atoms with E-state index < -0.39 is 17.9 Å². The van der Waals surface area contributed by atoms with Crippen LogP contribution in [0.4, 0.5) is 0 Å². The number of carbonyl (C=O) groups excluding carboxylic acids is 2. The monoisotopic (exact) mass is 272 g/mol. The highest BCUT2D eigenvalue weighted by Gasteiger charge is 2.06. The molecule has 6 nitrogen and oxygen atoms in total. The first-order valence-electron chi connectivity index (χ1n) is 6.13. The van der Waals surface area contributed by atoms with Gasteiger partial charge in [0.05, 0.1) is 26.1 Å². The lowest BCUT2D eigenvalue weighted by Gasteiger charge is -2.05. The molecule has 0 aliphatic heterocycles. The first-order valence-corrected chi connectivity index (χ1v) is 6.13. The van der Waals surface area contributed by atoms with Gasteiger partial charge in [-0.3, -0.25) is 9.59 Å². The zero-order chi connectivity index (χ0) is 14.7. The van der Waals surface area contributed by atoms with Crippen LogP contribution in [0.2, 0.25) is 0 Å². The summed E-state index contributed by atoms with van der Waals surface area (Å²) in [4.78, 5) is 32.2. The van der Waals surface area contributed by atoms with Crippen LogP contribution in [-0.2, 0) is 23.9 Å². The summed E-state index contributed by atoms with van der Waals surface area (Å²) in [5.41, 5.74) is 0.368. The molecule has 6 heteroatoms. The average Bonchev–Trinajstić information content (AvgIpc) is 2.34. The fraction of sp³-hybridized carbons (Fsp3) is 0.615. The van der Waals surface area contributed by atoms with Crippen molar-refractivity contribution in [3.8, 4) is 0 Å². The number of unbranched alkanes of at least 4 members (excludes halogenated alkanes) is 2. The van der Waals surface area contributed by atoms with Crippen LogP contribution in [0, 0.1) is 0 Å². The Hall–Kier alpha value is -1.85. The first-order chi connectivity index (χ1) is 8.93. The van der Waals surface area contributed by atoms with E-state index in [1.807, 2.05) is 0 Å². The third-order valence-electron chi connectivity index (χ3n) is 2.18. The van der Waals surface area contributed by atoms with Crippen LogP contribution in [0.3, 0.4) is 0 Å². The Bertz CT molecular complexity index is 334. The fourth-order valence-corrected chi connectivity index (χ4v) is 1.14. The molecule has 0 aromatic heterocycles. The van der Waals surface area contributed by atoms with Crippen LogP contribution in [0.5, 0.6) is 0 Å². The van der Waals surface area contributed by atoms with Crippen LogP contribution >= 0.6 is 0 Å². The Morgan fingerprint density at radius 3 is 2.11 bits per heavy atom. The van der Waals surface area contributed by atoms with E-state index in [2.05, 4.69) is 6.58 Å². The van der Waals surface area contributed by atoms with E-state index in [0.29, 0.717) is 25.0 Å². The minimum absolute atomic E-state index is 0.106. The van der Waals surface area contributed by atoms with Crippen molar-refractivity contribution in [2.45, 2.75) is 39.0 Å². The molecule has 0 amide bonds. The number of esters is 2. The first kappa shape index (κ1) is 17.2. The molecule has 19 heavy (non-hydrogen) atoms. The van der Waals surface area contributed by atoms with Gasteiger partial charge in [0, 0.05) is 5.57 Å². The molecule has 0 bridgehead atoms. The summed E-state index contributed by atoms with van der Waals surface area (Å²) in [6.45, 7) is 5.62. The second-order valence-corrected chi connectivity index (χ2v) is 4.09. The van der Waals surface area contributed by atoms with Gasteiger partial charge in [0.1, 0.15) is 0 Å². The summed E-state index contributed by atoms with van der Waals surface area (Å²) in [5.74, 6) is -1.92. The van der Waals surface area contributed by atoms with Crippen LogP contribution in [0.25, 0.3) is 0 Å². The summed E-state index contributed by atoms with van der Waals surface area (Å²) < 4.78 is 9.72. The summed E-state index contributed by atoms with van der Waals surface area (Å²) in [6.07, 6.45) is 1.78. The van der Waals surface area contributed by atoms with Crippen molar-refractivity contribution in [1.29, 1.82) is 0 Å². The van der Waals surface area contributed by atoms with E-state index in [4.69, 9.17) is 14.6 Å². The van der Waals surface area contributed by atoms with Crippen LogP contribution < -0.4 is 0 Å². The van der Waals surface area contributed by atoms with Crippen LogP contribution in [0.15, 0.2) is 12.2 Å². The SMILES string of the molecule is C=C(C)C(=O)OCCCCCOC(=O)CCC(=O)O. The molecular formula is C13H20O6. The molecule has 0 saturated heterocycles. The molecule has 0 rings (SSSR count). The third-order valence-corrected chi connectivity index (χ3v) is 2.18. The van der Waals surface area contributed by atoms with E-state index in [-0.39, 0.29) is 19.4 Å². The summed E-state index contributed by atoms with van der Waals surface area (Å²) in [7, 11) is 0. The van der Waals surface area contributed by atoms with Crippen molar-refractivity contribution < 1.29 is 29.0 Å². The predicted octanol–water partition coefficient (Wildman–Crippen LogP) is 1.68. The molecule has 0 heterocycles. The predicted molar refractivity (Wildman–Crippen MR) is 67.5 cm³/mol. The van der Waals surface area contributed by atoms with Gasteiger partial charge < -0.3 is 14.6 Å². The summed E-state index contributed by atoms with van der Waals surface area (Å²) in [5, 5.41) is 8.36. The van der Waals surface area contributed by atoms with Gasteiger partial charge in [-0.1, -0.05) is 6.58 Å². The van der Waals surface area contributed by atoms with E-state index in [9.17, 15) is 14.4 Å². The zero-order valence-electron chi connectivity index (χ0n) is 11.1. The Morgan fingerprint density at radius 2 is 1.58 bits per heavy atom. The van der Waals surface area contributed by atoms with Crippen molar-refractivity contribution in [2.24, 2.45) is 0 Å². The lowest BCUT2D eigenvalue weighted by Crippen LogP contribution is -2.09.